The molecule has 0 saturated carbocycles. The molecule has 0 aliphatic carbocycles. The van der Waals surface area contributed by atoms with Crippen LogP contribution in [0.25, 0.3) is 0 Å². The fourth-order valence-corrected chi connectivity index (χ4v) is 4.14. The van der Waals surface area contributed by atoms with Crippen molar-refractivity contribution in [3.8, 4) is 6.01 Å². The fourth-order valence-electron chi connectivity index (χ4n) is 3.14. The van der Waals surface area contributed by atoms with Crippen LogP contribution in [0.3, 0.4) is 0 Å². The number of sulfonamides is 1. The molecule has 0 atom stereocenters. The average molecular weight is 467 g/mol. The average Bonchev–Trinajstić information content (AvgIpc) is 3.04. The first-order chi connectivity index (χ1) is 15.8. The lowest BCUT2D eigenvalue weighted by Gasteiger charge is -2.14. The highest BCUT2D eigenvalue weighted by atomic mass is 32.2. The summed E-state index contributed by atoms with van der Waals surface area (Å²) in [5.74, 6) is -1.66. The number of nitrogens with zero attached hydrogens (tertiary/aromatic N) is 3. The topological polar surface area (TPSA) is 148 Å². The molecule has 0 radical (unpaired) electrons. The molecule has 1 aromatic heterocycles. The number of hydrogen-bond donors (Lipinski definition) is 2. The van der Waals surface area contributed by atoms with Crippen LogP contribution in [0, 0.1) is 0 Å². The van der Waals surface area contributed by atoms with Crippen LogP contribution in [0.5, 0.6) is 6.01 Å². The number of carbonyl (C=O) groups is 3. The molecule has 2 heterocycles. The molecule has 0 unspecified atom stereocenters. The standard InChI is InChI=1S/C21H17N5O6S/c1-32-21-22-11-10-17(24-21)25-33(30,31)14-8-6-13(7-9-14)23-18(27)12-26-19(28)15-4-2-3-5-16(15)20(26)29/h2-11H,12H2,1H3,(H,23,27)(H,22,24,25). The van der Waals surface area contributed by atoms with E-state index in [0.717, 1.165) is 4.90 Å². The van der Waals surface area contributed by atoms with Crippen molar-refractivity contribution < 1.29 is 27.5 Å². The molecule has 0 saturated heterocycles. The normalized spacial score (nSPS) is 12.9. The lowest BCUT2D eigenvalue weighted by atomic mass is 10.1. The molecule has 1 aliphatic heterocycles. The number of imide groups is 1. The zero-order valence-corrected chi connectivity index (χ0v) is 18.0. The maximum absolute atomic E-state index is 12.6. The summed E-state index contributed by atoms with van der Waals surface area (Å²) in [7, 11) is -2.60. The maximum Gasteiger partial charge on any atom is 0.318 e. The Morgan fingerprint density at radius 3 is 2.24 bits per heavy atom. The second kappa shape index (κ2) is 8.67. The second-order valence-electron chi connectivity index (χ2n) is 6.85. The van der Waals surface area contributed by atoms with Gasteiger partial charge in [-0.05, 0) is 36.4 Å². The third-order valence-corrected chi connectivity index (χ3v) is 6.05. The lowest BCUT2D eigenvalue weighted by molar-refractivity contribution is -0.116. The number of fused-ring (bicyclic) bond motifs is 1. The number of carbonyl (C=O) groups excluding carboxylic acids is 3. The Morgan fingerprint density at radius 2 is 1.64 bits per heavy atom. The van der Waals surface area contributed by atoms with Gasteiger partial charge in [0.1, 0.15) is 12.4 Å². The van der Waals surface area contributed by atoms with Gasteiger partial charge in [-0.15, -0.1) is 0 Å². The number of ether oxygens (including phenoxy) is 1. The summed E-state index contributed by atoms with van der Waals surface area (Å²) < 4.78 is 32.3. The van der Waals surface area contributed by atoms with Gasteiger partial charge in [-0.1, -0.05) is 12.1 Å². The quantitative estimate of drug-likeness (QED) is 0.497. The summed E-state index contributed by atoms with van der Waals surface area (Å²) >= 11 is 0. The minimum atomic E-state index is -3.95. The van der Waals surface area contributed by atoms with E-state index in [-0.39, 0.29) is 27.9 Å². The molecule has 2 aromatic carbocycles. The SMILES string of the molecule is COc1nccc(NS(=O)(=O)c2ccc(NC(=O)CN3C(=O)c4ccccc4C3=O)cc2)n1. The van der Waals surface area contributed by atoms with Crippen LogP contribution in [0.2, 0.25) is 0 Å². The number of benzene rings is 2. The van der Waals surface area contributed by atoms with Crippen molar-refractivity contribution in [2.24, 2.45) is 0 Å². The van der Waals surface area contributed by atoms with E-state index in [2.05, 4.69) is 20.0 Å². The number of anilines is 2. The molecular formula is C21H17N5O6S. The van der Waals surface area contributed by atoms with Gasteiger partial charge in [0.25, 0.3) is 21.8 Å². The summed E-state index contributed by atoms with van der Waals surface area (Å²) in [6, 6.07) is 13.1. The number of rotatable bonds is 7. The smallest absolute Gasteiger partial charge is 0.318 e. The van der Waals surface area contributed by atoms with E-state index in [1.54, 1.807) is 12.1 Å². The molecule has 2 N–H and O–H groups in total. The van der Waals surface area contributed by atoms with Crippen LogP contribution in [-0.4, -0.2) is 54.7 Å². The molecular weight excluding hydrogens is 450 g/mol. The van der Waals surface area contributed by atoms with E-state index in [4.69, 9.17) is 4.74 Å². The first-order valence-electron chi connectivity index (χ1n) is 9.53. The number of nitrogens with one attached hydrogen (secondary N) is 2. The molecule has 0 spiro atoms. The van der Waals surface area contributed by atoms with E-state index in [1.807, 2.05) is 0 Å². The van der Waals surface area contributed by atoms with Crippen LogP contribution in [-0.2, 0) is 14.8 Å². The van der Waals surface area contributed by atoms with Gasteiger partial charge in [-0.2, -0.15) is 4.98 Å². The minimum Gasteiger partial charge on any atom is -0.467 e. The van der Waals surface area contributed by atoms with Crippen LogP contribution in [0.4, 0.5) is 11.5 Å². The van der Waals surface area contributed by atoms with Gasteiger partial charge in [0.05, 0.1) is 23.1 Å². The molecule has 3 aromatic rings. The van der Waals surface area contributed by atoms with Crippen molar-refractivity contribution in [3.63, 3.8) is 0 Å². The number of aromatic nitrogens is 2. The van der Waals surface area contributed by atoms with Crippen LogP contribution in [0.15, 0.2) is 65.7 Å². The predicted molar refractivity (Wildman–Crippen MR) is 116 cm³/mol. The van der Waals surface area contributed by atoms with Gasteiger partial charge in [-0.3, -0.25) is 24.0 Å². The molecule has 12 heteroatoms. The number of methoxy groups -OCH3 is 1. The predicted octanol–water partition coefficient (Wildman–Crippen LogP) is 1.52. The van der Waals surface area contributed by atoms with Gasteiger partial charge < -0.3 is 10.1 Å². The summed E-state index contributed by atoms with van der Waals surface area (Å²) in [5.41, 5.74) is 0.789. The molecule has 1 aliphatic rings. The third-order valence-electron chi connectivity index (χ3n) is 4.68. The highest BCUT2D eigenvalue weighted by molar-refractivity contribution is 7.92. The fraction of sp³-hybridized carbons (Fsp3) is 0.0952. The number of amides is 3. The summed E-state index contributed by atoms with van der Waals surface area (Å²) in [4.78, 5) is 45.6. The van der Waals surface area contributed by atoms with E-state index < -0.39 is 34.3 Å². The zero-order chi connectivity index (χ0) is 23.6. The van der Waals surface area contributed by atoms with E-state index in [1.165, 1.54) is 55.8 Å². The Bertz CT molecular complexity index is 1320. The first-order valence-corrected chi connectivity index (χ1v) is 11.0. The van der Waals surface area contributed by atoms with Crippen LogP contribution < -0.4 is 14.8 Å². The highest BCUT2D eigenvalue weighted by Crippen LogP contribution is 2.22. The Hall–Kier alpha value is -4.32. The van der Waals surface area contributed by atoms with E-state index >= 15 is 0 Å². The van der Waals surface area contributed by atoms with Crippen molar-refractivity contribution in [2.45, 2.75) is 4.90 Å². The Morgan fingerprint density at radius 1 is 1.00 bits per heavy atom. The van der Waals surface area contributed by atoms with Gasteiger partial charge in [-0.25, -0.2) is 13.4 Å². The van der Waals surface area contributed by atoms with Gasteiger partial charge in [0, 0.05) is 18.0 Å². The van der Waals surface area contributed by atoms with Gasteiger partial charge in [0.2, 0.25) is 5.91 Å². The summed E-state index contributed by atoms with van der Waals surface area (Å²) in [5, 5.41) is 2.54. The van der Waals surface area contributed by atoms with Gasteiger partial charge in [0.15, 0.2) is 0 Å². The van der Waals surface area contributed by atoms with E-state index in [9.17, 15) is 22.8 Å². The molecule has 0 fully saturated rings. The monoisotopic (exact) mass is 467 g/mol. The Labute approximate surface area is 188 Å². The molecule has 4 rings (SSSR count). The summed E-state index contributed by atoms with van der Waals surface area (Å²) in [6.45, 7) is -0.469. The molecule has 11 nitrogen and oxygen atoms in total. The Balaban J connectivity index is 1.41. The van der Waals surface area contributed by atoms with E-state index in [0.29, 0.717) is 5.69 Å². The van der Waals surface area contributed by atoms with Crippen molar-refractivity contribution in [1.82, 2.24) is 14.9 Å². The van der Waals surface area contributed by atoms with Crippen molar-refractivity contribution in [2.75, 3.05) is 23.7 Å². The zero-order valence-electron chi connectivity index (χ0n) is 17.2. The van der Waals surface area contributed by atoms with Crippen LogP contribution >= 0.6 is 0 Å². The molecule has 3 amide bonds. The molecule has 168 valence electrons. The minimum absolute atomic E-state index is 0.00585. The van der Waals surface area contributed by atoms with Crippen molar-refractivity contribution >= 4 is 39.3 Å². The molecule has 0 bridgehead atoms. The molecule has 33 heavy (non-hydrogen) atoms. The third kappa shape index (κ3) is 4.50. The maximum atomic E-state index is 12.6. The second-order valence-corrected chi connectivity index (χ2v) is 8.53. The van der Waals surface area contributed by atoms with Crippen LogP contribution in [0.1, 0.15) is 20.7 Å². The van der Waals surface area contributed by atoms with Crippen molar-refractivity contribution in [1.29, 1.82) is 0 Å². The number of hydrogen-bond acceptors (Lipinski definition) is 8. The summed E-state index contributed by atoms with van der Waals surface area (Å²) in [6.07, 6.45) is 1.34. The van der Waals surface area contributed by atoms with Crippen molar-refractivity contribution in [3.05, 3.63) is 71.9 Å². The first kappa shape index (κ1) is 21.9. The Kier molecular flexibility index (Phi) is 5.75. The van der Waals surface area contributed by atoms with Gasteiger partial charge >= 0.3 is 6.01 Å². The largest absolute Gasteiger partial charge is 0.467 e. The highest BCUT2D eigenvalue weighted by Gasteiger charge is 2.36. The lowest BCUT2D eigenvalue weighted by Crippen LogP contribution is -2.37.